The fourth-order valence-electron chi connectivity index (χ4n) is 2.55. The topological polar surface area (TPSA) is 59.8 Å². The number of rotatable bonds is 3. The minimum Gasteiger partial charge on any atom is -0.446 e. The maximum Gasteiger partial charge on any atom is 0.410 e. The molecule has 0 saturated carbocycles. The van der Waals surface area contributed by atoms with Crippen molar-refractivity contribution in [3.8, 4) is 0 Å². The smallest absolute Gasteiger partial charge is 0.410 e. The number of ether oxygens (including phenoxy) is 1. The molecule has 1 unspecified atom stereocenters. The Hall–Kier alpha value is -1.30. The number of hydrogen-bond donors (Lipinski definition) is 0. The first-order valence-electron chi connectivity index (χ1n) is 7.54. The maximum absolute atomic E-state index is 12.3. The van der Waals surface area contributed by atoms with Crippen molar-refractivity contribution >= 4 is 27.8 Å². The van der Waals surface area contributed by atoms with Crippen LogP contribution in [0.4, 0.5) is 4.79 Å². The van der Waals surface area contributed by atoms with E-state index in [-0.39, 0.29) is 24.3 Å². The third-order valence-corrected chi connectivity index (χ3v) is 3.95. The molecule has 0 spiro atoms. The largest absolute Gasteiger partial charge is 0.446 e. The molecule has 22 heavy (non-hydrogen) atoms. The van der Waals surface area contributed by atoms with Crippen molar-refractivity contribution < 1.29 is 18.7 Å². The van der Waals surface area contributed by atoms with E-state index in [2.05, 4.69) is 15.9 Å². The van der Waals surface area contributed by atoms with Crippen LogP contribution in [0.1, 0.15) is 57.0 Å². The summed E-state index contributed by atoms with van der Waals surface area (Å²) in [6, 6.07) is 3.22. The van der Waals surface area contributed by atoms with Gasteiger partial charge < -0.3 is 14.1 Å². The SMILES string of the molecule is CC(C)(C)OC(=O)N1CCCCC1CC(=O)c1ccc(Br)o1. The van der Waals surface area contributed by atoms with Crippen LogP contribution in [0.25, 0.3) is 0 Å². The fourth-order valence-corrected chi connectivity index (χ4v) is 2.86. The molecule has 1 aromatic heterocycles. The van der Waals surface area contributed by atoms with Crippen LogP contribution in [0, 0.1) is 0 Å². The van der Waals surface area contributed by atoms with Crippen molar-refractivity contribution in [2.75, 3.05) is 6.54 Å². The molecule has 0 radical (unpaired) electrons. The summed E-state index contributed by atoms with van der Waals surface area (Å²) in [6.45, 7) is 6.16. The lowest BCUT2D eigenvalue weighted by Crippen LogP contribution is -2.46. The highest BCUT2D eigenvalue weighted by Gasteiger charge is 2.32. The van der Waals surface area contributed by atoms with Crippen molar-refractivity contribution in [3.05, 3.63) is 22.6 Å². The summed E-state index contributed by atoms with van der Waals surface area (Å²) in [6.07, 6.45) is 2.69. The van der Waals surface area contributed by atoms with Gasteiger partial charge in [-0.15, -0.1) is 0 Å². The van der Waals surface area contributed by atoms with Gasteiger partial charge in [-0.2, -0.15) is 0 Å². The summed E-state index contributed by atoms with van der Waals surface area (Å²) in [5.74, 6) is 0.229. The number of piperidine rings is 1. The number of Topliss-reactive ketones (excluding diaryl/α,β-unsaturated/α-hetero) is 1. The predicted octanol–water partition coefficient (Wildman–Crippen LogP) is 4.40. The van der Waals surface area contributed by atoms with Gasteiger partial charge in [-0.1, -0.05) is 0 Å². The van der Waals surface area contributed by atoms with E-state index in [0.717, 1.165) is 19.3 Å². The van der Waals surface area contributed by atoms with Crippen LogP contribution in [-0.2, 0) is 4.74 Å². The molecule has 1 aliphatic heterocycles. The molecule has 0 aliphatic carbocycles. The summed E-state index contributed by atoms with van der Waals surface area (Å²) in [4.78, 5) is 26.3. The number of hydrogen-bond acceptors (Lipinski definition) is 4. The molecule has 1 aliphatic rings. The monoisotopic (exact) mass is 371 g/mol. The van der Waals surface area contributed by atoms with Crippen LogP contribution in [-0.4, -0.2) is 35.0 Å². The highest BCUT2D eigenvalue weighted by atomic mass is 79.9. The van der Waals surface area contributed by atoms with Gasteiger partial charge in [0, 0.05) is 19.0 Å². The number of carbonyl (C=O) groups excluding carboxylic acids is 2. The number of nitrogens with zero attached hydrogens (tertiary/aromatic N) is 1. The first-order valence-corrected chi connectivity index (χ1v) is 8.34. The molecule has 5 nitrogen and oxygen atoms in total. The Morgan fingerprint density at radius 1 is 1.36 bits per heavy atom. The van der Waals surface area contributed by atoms with Crippen LogP contribution in [0.5, 0.6) is 0 Å². The normalized spacial score (nSPS) is 19.1. The lowest BCUT2D eigenvalue weighted by molar-refractivity contribution is 0.00934. The minimum atomic E-state index is -0.533. The molecule has 1 atom stereocenters. The van der Waals surface area contributed by atoms with Crippen molar-refractivity contribution in [1.29, 1.82) is 0 Å². The molecule has 0 bridgehead atoms. The number of likely N-dealkylation sites (tertiary alicyclic amines) is 1. The fraction of sp³-hybridized carbons (Fsp3) is 0.625. The van der Waals surface area contributed by atoms with E-state index in [1.165, 1.54) is 0 Å². The lowest BCUT2D eigenvalue weighted by Gasteiger charge is -2.36. The molecular formula is C16H22BrNO4. The van der Waals surface area contributed by atoms with Gasteiger partial charge in [0.25, 0.3) is 0 Å². The Balaban J connectivity index is 2.03. The van der Waals surface area contributed by atoms with Crippen LogP contribution in [0.3, 0.4) is 0 Å². The average Bonchev–Trinajstić information content (AvgIpc) is 2.84. The van der Waals surface area contributed by atoms with Gasteiger partial charge in [-0.25, -0.2) is 4.79 Å². The highest BCUT2D eigenvalue weighted by molar-refractivity contribution is 9.10. The first kappa shape index (κ1) is 17.1. The van der Waals surface area contributed by atoms with Gasteiger partial charge in [0.15, 0.2) is 16.2 Å². The number of furan rings is 1. The molecule has 0 aromatic carbocycles. The Labute approximate surface area is 139 Å². The van der Waals surface area contributed by atoms with Crippen LogP contribution in [0.15, 0.2) is 21.2 Å². The molecule has 6 heteroatoms. The van der Waals surface area contributed by atoms with Gasteiger partial charge in [-0.05, 0) is 68.1 Å². The Kier molecular flexibility index (Phi) is 5.32. The maximum atomic E-state index is 12.3. The zero-order chi connectivity index (χ0) is 16.3. The van der Waals surface area contributed by atoms with Crippen molar-refractivity contribution in [1.82, 2.24) is 4.90 Å². The van der Waals surface area contributed by atoms with Crippen molar-refractivity contribution in [3.63, 3.8) is 0 Å². The average molecular weight is 372 g/mol. The molecule has 1 fully saturated rings. The third kappa shape index (κ3) is 4.60. The van der Waals surface area contributed by atoms with E-state index in [1.807, 2.05) is 20.8 Å². The number of halogens is 1. The molecular weight excluding hydrogens is 350 g/mol. The Morgan fingerprint density at radius 2 is 2.09 bits per heavy atom. The van der Waals surface area contributed by atoms with E-state index >= 15 is 0 Å². The number of carbonyl (C=O) groups is 2. The van der Waals surface area contributed by atoms with Gasteiger partial charge in [0.1, 0.15) is 5.60 Å². The second-order valence-corrected chi connectivity index (χ2v) is 7.34. The summed E-state index contributed by atoms with van der Waals surface area (Å²) >= 11 is 3.19. The van der Waals surface area contributed by atoms with Crippen LogP contribution >= 0.6 is 15.9 Å². The number of ketones is 1. The summed E-state index contributed by atoms with van der Waals surface area (Å²) < 4.78 is 11.3. The van der Waals surface area contributed by atoms with Gasteiger partial charge in [0.2, 0.25) is 0 Å². The van der Waals surface area contributed by atoms with E-state index in [1.54, 1.807) is 17.0 Å². The van der Waals surface area contributed by atoms with Crippen molar-refractivity contribution in [2.24, 2.45) is 0 Å². The highest BCUT2D eigenvalue weighted by Crippen LogP contribution is 2.25. The van der Waals surface area contributed by atoms with E-state index < -0.39 is 5.60 Å². The molecule has 1 saturated heterocycles. The van der Waals surface area contributed by atoms with Gasteiger partial charge in [-0.3, -0.25) is 4.79 Å². The molecule has 0 N–H and O–H groups in total. The summed E-state index contributed by atoms with van der Waals surface area (Å²) in [7, 11) is 0. The molecule has 2 rings (SSSR count). The quantitative estimate of drug-likeness (QED) is 0.738. The molecule has 1 aromatic rings. The zero-order valence-electron chi connectivity index (χ0n) is 13.2. The van der Waals surface area contributed by atoms with Crippen LogP contribution < -0.4 is 0 Å². The summed E-state index contributed by atoms with van der Waals surface area (Å²) in [5.41, 5.74) is -0.533. The first-order chi connectivity index (χ1) is 10.3. The van der Waals surface area contributed by atoms with Crippen molar-refractivity contribution in [2.45, 2.75) is 58.1 Å². The molecule has 1 amide bonds. The Bertz CT molecular complexity index is 547. The van der Waals surface area contributed by atoms with E-state index in [4.69, 9.17) is 9.15 Å². The standard InChI is InChI=1S/C16H22BrNO4/c1-16(2,3)22-15(20)18-9-5-4-6-11(18)10-12(19)13-7-8-14(17)21-13/h7-8,11H,4-6,9-10H2,1-3H3. The lowest BCUT2D eigenvalue weighted by atomic mass is 9.97. The molecule has 122 valence electrons. The second kappa shape index (κ2) is 6.86. The van der Waals surface area contributed by atoms with E-state index in [0.29, 0.717) is 17.0 Å². The van der Waals surface area contributed by atoms with Gasteiger partial charge >= 0.3 is 6.09 Å². The second-order valence-electron chi connectivity index (χ2n) is 6.55. The van der Waals surface area contributed by atoms with Gasteiger partial charge in [0.05, 0.1) is 0 Å². The Morgan fingerprint density at radius 3 is 2.68 bits per heavy atom. The summed E-state index contributed by atoms with van der Waals surface area (Å²) in [5, 5.41) is 0. The van der Waals surface area contributed by atoms with Crippen LogP contribution in [0.2, 0.25) is 0 Å². The molecule has 2 heterocycles. The zero-order valence-corrected chi connectivity index (χ0v) is 14.8. The number of amides is 1. The van der Waals surface area contributed by atoms with E-state index in [9.17, 15) is 9.59 Å². The minimum absolute atomic E-state index is 0.0915. The predicted molar refractivity (Wildman–Crippen MR) is 85.9 cm³/mol. The third-order valence-electron chi connectivity index (χ3n) is 3.52.